The lowest BCUT2D eigenvalue weighted by Crippen LogP contribution is -2.45. The molecule has 3 N–H and O–H groups in total. The minimum absolute atomic E-state index is 0.128. The number of aryl methyl sites for hydroxylation is 1. The van der Waals surface area contributed by atoms with E-state index in [2.05, 4.69) is 21.9 Å². The number of carbonyl (C=O) groups is 1. The van der Waals surface area contributed by atoms with Crippen LogP contribution in [0.25, 0.3) is 0 Å². The lowest BCUT2D eigenvalue weighted by molar-refractivity contribution is 0.102. The number of ether oxygens (including phenoxy) is 1. The van der Waals surface area contributed by atoms with Crippen molar-refractivity contribution in [1.82, 2.24) is 14.9 Å². The molecule has 1 atom stereocenters. The Kier molecular flexibility index (Phi) is 4.97. The SMILES string of the molecule is C=CCOC(=O)N1CCCC(Nc2cc(C)nc(N)n2)C1. The number of rotatable bonds is 4. The Morgan fingerprint density at radius 1 is 1.67 bits per heavy atom. The van der Waals surface area contributed by atoms with Crippen molar-refractivity contribution < 1.29 is 9.53 Å². The quantitative estimate of drug-likeness (QED) is 0.818. The highest BCUT2D eigenvalue weighted by Gasteiger charge is 2.24. The Labute approximate surface area is 124 Å². The van der Waals surface area contributed by atoms with E-state index >= 15 is 0 Å². The first-order valence-electron chi connectivity index (χ1n) is 6.99. The molecule has 0 saturated carbocycles. The first-order chi connectivity index (χ1) is 10.1. The van der Waals surface area contributed by atoms with Gasteiger partial charge in [-0.15, -0.1) is 0 Å². The summed E-state index contributed by atoms with van der Waals surface area (Å²) in [7, 11) is 0. The largest absolute Gasteiger partial charge is 0.445 e. The Balaban J connectivity index is 1.94. The molecule has 0 radical (unpaired) electrons. The number of piperidine rings is 1. The number of amides is 1. The molecule has 7 heteroatoms. The van der Waals surface area contributed by atoms with Crippen LogP contribution in [0.15, 0.2) is 18.7 Å². The molecular formula is C14H21N5O2. The Bertz CT molecular complexity index is 500. The van der Waals surface area contributed by atoms with Crippen LogP contribution in [0, 0.1) is 6.92 Å². The van der Waals surface area contributed by atoms with Crippen LogP contribution in [0.1, 0.15) is 18.5 Å². The molecule has 21 heavy (non-hydrogen) atoms. The normalized spacial score (nSPS) is 18.1. The van der Waals surface area contributed by atoms with Gasteiger partial charge in [0, 0.05) is 30.9 Å². The van der Waals surface area contributed by atoms with Gasteiger partial charge >= 0.3 is 6.09 Å². The third-order valence-corrected chi connectivity index (χ3v) is 3.23. The van der Waals surface area contributed by atoms with Crippen LogP contribution in [-0.2, 0) is 4.74 Å². The first kappa shape index (κ1) is 15.1. The van der Waals surface area contributed by atoms with Gasteiger partial charge in [0.05, 0.1) is 0 Å². The number of nitrogens with one attached hydrogen (secondary N) is 1. The third-order valence-electron chi connectivity index (χ3n) is 3.23. The second-order valence-corrected chi connectivity index (χ2v) is 5.05. The standard InChI is InChI=1S/C14H21N5O2/c1-3-7-21-14(20)19-6-4-5-11(9-19)17-12-8-10(2)16-13(15)18-12/h3,8,11H,1,4-7,9H2,2H3,(H3,15,16,17,18). The van der Waals surface area contributed by atoms with Gasteiger partial charge in [-0.1, -0.05) is 12.7 Å². The minimum Gasteiger partial charge on any atom is -0.445 e. The second-order valence-electron chi connectivity index (χ2n) is 5.05. The van der Waals surface area contributed by atoms with E-state index in [0.29, 0.717) is 18.9 Å². The fourth-order valence-corrected chi connectivity index (χ4v) is 2.36. The maximum Gasteiger partial charge on any atom is 0.410 e. The molecule has 0 aliphatic carbocycles. The number of likely N-dealkylation sites (tertiary alicyclic amines) is 1. The van der Waals surface area contributed by atoms with Gasteiger partial charge in [-0.3, -0.25) is 0 Å². The maximum absolute atomic E-state index is 11.8. The third kappa shape index (κ3) is 4.34. The van der Waals surface area contributed by atoms with Crippen molar-refractivity contribution in [3.8, 4) is 0 Å². The number of nitrogens with two attached hydrogens (primary N) is 1. The molecule has 114 valence electrons. The van der Waals surface area contributed by atoms with E-state index in [1.165, 1.54) is 0 Å². The molecule has 2 heterocycles. The first-order valence-corrected chi connectivity index (χ1v) is 6.99. The van der Waals surface area contributed by atoms with Crippen LogP contribution in [-0.4, -0.2) is 46.7 Å². The maximum atomic E-state index is 11.8. The summed E-state index contributed by atoms with van der Waals surface area (Å²) in [5.41, 5.74) is 6.45. The fourth-order valence-electron chi connectivity index (χ4n) is 2.36. The molecule has 1 unspecified atom stereocenters. The van der Waals surface area contributed by atoms with Crippen LogP contribution >= 0.6 is 0 Å². The highest BCUT2D eigenvalue weighted by molar-refractivity contribution is 5.68. The van der Waals surface area contributed by atoms with Crippen molar-refractivity contribution in [3.63, 3.8) is 0 Å². The Morgan fingerprint density at radius 2 is 2.48 bits per heavy atom. The number of aromatic nitrogens is 2. The summed E-state index contributed by atoms with van der Waals surface area (Å²) < 4.78 is 5.06. The van der Waals surface area contributed by atoms with Crippen molar-refractivity contribution in [1.29, 1.82) is 0 Å². The summed E-state index contributed by atoms with van der Waals surface area (Å²) in [6, 6.07) is 1.97. The van der Waals surface area contributed by atoms with Crippen molar-refractivity contribution in [2.45, 2.75) is 25.8 Å². The molecule has 1 fully saturated rings. The van der Waals surface area contributed by atoms with E-state index in [-0.39, 0.29) is 24.7 Å². The van der Waals surface area contributed by atoms with Crippen LogP contribution in [0.4, 0.5) is 16.6 Å². The highest BCUT2D eigenvalue weighted by Crippen LogP contribution is 2.16. The van der Waals surface area contributed by atoms with Crippen LogP contribution in [0.3, 0.4) is 0 Å². The summed E-state index contributed by atoms with van der Waals surface area (Å²) >= 11 is 0. The number of nitrogens with zero attached hydrogens (tertiary/aromatic N) is 3. The van der Waals surface area contributed by atoms with Gasteiger partial charge in [-0.25, -0.2) is 9.78 Å². The van der Waals surface area contributed by atoms with E-state index in [9.17, 15) is 4.79 Å². The molecule has 1 aromatic rings. The lowest BCUT2D eigenvalue weighted by atomic mass is 10.1. The number of nitrogen functional groups attached to an aromatic ring is 1. The second kappa shape index (κ2) is 6.92. The summed E-state index contributed by atoms with van der Waals surface area (Å²) in [6.45, 7) is 6.92. The van der Waals surface area contributed by atoms with E-state index in [0.717, 1.165) is 18.5 Å². The van der Waals surface area contributed by atoms with Gasteiger partial charge in [-0.2, -0.15) is 4.98 Å². The monoisotopic (exact) mass is 291 g/mol. The molecule has 0 bridgehead atoms. The summed E-state index contributed by atoms with van der Waals surface area (Å²) in [5, 5.41) is 3.30. The molecular weight excluding hydrogens is 270 g/mol. The van der Waals surface area contributed by atoms with Gasteiger partial charge in [0.1, 0.15) is 12.4 Å². The molecule has 1 aromatic heterocycles. The van der Waals surface area contributed by atoms with Crippen molar-refractivity contribution in [3.05, 3.63) is 24.4 Å². The van der Waals surface area contributed by atoms with Crippen LogP contribution < -0.4 is 11.1 Å². The van der Waals surface area contributed by atoms with Gasteiger partial charge in [0.15, 0.2) is 0 Å². The molecule has 1 aliphatic heterocycles. The zero-order valence-corrected chi connectivity index (χ0v) is 12.2. The van der Waals surface area contributed by atoms with Gasteiger partial charge in [-0.05, 0) is 19.8 Å². The predicted octanol–water partition coefficient (Wildman–Crippen LogP) is 1.57. The fraction of sp³-hybridized carbons (Fsp3) is 0.500. The zero-order valence-electron chi connectivity index (χ0n) is 12.2. The van der Waals surface area contributed by atoms with Crippen molar-refractivity contribution in [2.24, 2.45) is 0 Å². The highest BCUT2D eigenvalue weighted by atomic mass is 16.6. The molecule has 0 spiro atoms. The zero-order chi connectivity index (χ0) is 15.2. The topological polar surface area (TPSA) is 93.4 Å². The lowest BCUT2D eigenvalue weighted by Gasteiger charge is -2.32. The summed E-state index contributed by atoms with van der Waals surface area (Å²) in [5.74, 6) is 0.932. The van der Waals surface area contributed by atoms with Crippen LogP contribution in [0.2, 0.25) is 0 Å². The molecule has 0 aromatic carbocycles. The molecule has 1 aliphatic rings. The van der Waals surface area contributed by atoms with Crippen molar-refractivity contribution >= 4 is 17.9 Å². The average Bonchev–Trinajstić information content (AvgIpc) is 2.44. The minimum atomic E-state index is -0.306. The number of hydrogen-bond acceptors (Lipinski definition) is 6. The van der Waals surface area contributed by atoms with Gasteiger partial charge < -0.3 is 20.7 Å². The van der Waals surface area contributed by atoms with E-state index in [1.54, 1.807) is 11.0 Å². The Morgan fingerprint density at radius 3 is 3.19 bits per heavy atom. The molecule has 7 nitrogen and oxygen atoms in total. The van der Waals surface area contributed by atoms with E-state index in [1.807, 2.05) is 13.0 Å². The summed E-state index contributed by atoms with van der Waals surface area (Å²) in [6.07, 6.45) is 3.14. The van der Waals surface area contributed by atoms with Crippen LogP contribution in [0.5, 0.6) is 0 Å². The number of carbonyl (C=O) groups excluding carboxylic acids is 1. The smallest absolute Gasteiger partial charge is 0.410 e. The number of anilines is 2. The van der Waals surface area contributed by atoms with Gasteiger partial charge in [0.25, 0.3) is 0 Å². The predicted molar refractivity (Wildman–Crippen MR) is 80.9 cm³/mol. The molecule has 1 amide bonds. The summed E-state index contributed by atoms with van der Waals surface area (Å²) in [4.78, 5) is 21.7. The van der Waals surface area contributed by atoms with Gasteiger partial charge in [0.2, 0.25) is 5.95 Å². The molecule has 2 rings (SSSR count). The van der Waals surface area contributed by atoms with E-state index in [4.69, 9.17) is 10.5 Å². The van der Waals surface area contributed by atoms with Crippen molar-refractivity contribution in [2.75, 3.05) is 30.7 Å². The average molecular weight is 291 g/mol. The molecule has 1 saturated heterocycles. The Hall–Kier alpha value is -2.31. The van der Waals surface area contributed by atoms with E-state index < -0.39 is 0 Å². The number of hydrogen-bond donors (Lipinski definition) is 2.